The summed E-state index contributed by atoms with van der Waals surface area (Å²) >= 11 is 0. The summed E-state index contributed by atoms with van der Waals surface area (Å²) in [6, 6.07) is 0. The fourth-order valence-corrected chi connectivity index (χ4v) is 2.61. The molecule has 2 aromatic rings. The van der Waals surface area contributed by atoms with Gasteiger partial charge in [-0.2, -0.15) is 0 Å². The smallest absolute Gasteiger partial charge is 0.326 e. The van der Waals surface area contributed by atoms with Crippen molar-refractivity contribution in [1.82, 2.24) is 24.4 Å². The second-order valence-corrected chi connectivity index (χ2v) is 8.72. The predicted octanol–water partition coefficient (Wildman–Crippen LogP) is 2.05. The van der Waals surface area contributed by atoms with Crippen LogP contribution in [-0.2, 0) is 45.2 Å². The molecule has 0 bridgehead atoms. The van der Waals surface area contributed by atoms with Crippen LogP contribution in [0.3, 0.4) is 0 Å². The maximum absolute atomic E-state index is 12.0. The molecule has 9 nitrogen and oxygen atoms in total. The summed E-state index contributed by atoms with van der Waals surface area (Å²) in [5, 5.41) is 3.24. The van der Waals surface area contributed by atoms with Gasteiger partial charge in [-0.25, -0.2) is 9.97 Å². The molecule has 0 saturated carbocycles. The van der Waals surface area contributed by atoms with Gasteiger partial charge in [0, 0.05) is 24.8 Å². The van der Waals surface area contributed by atoms with Gasteiger partial charge in [-0.1, -0.05) is 0 Å². The average molecular weight is 405 g/mol. The fourth-order valence-electron chi connectivity index (χ4n) is 2.61. The molecule has 0 spiro atoms. The molecule has 0 aliphatic heterocycles. The normalized spacial score (nSPS) is 12.1. The molecule has 1 N–H and O–H groups in total. The van der Waals surface area contributed by atoms with Gasteiger partial charge in [-0.3, -0.25) is 9.59 Å². The standard InChI is InChI=1S/C20H31N5O4/c1-19(2,3)28-17(26)13-24-9-7-22-15(24)11-21-12-16-23-8-10-25(16)14-18(27)29-20(4,5)6/h7-10,21H,11-14H2,1-6H3. The van der Waals surface area contributed by atoms with Crippen LogP contribution in [0.15, 0.2) is 24.8 Å². The van der Waals surface area contributed by atoms with Gasteiger partial charge in [0.25, 0.3) is 0 Å². The molecule has 0 saturated heterocycles. The van der Waals surface area contributed by atoms with E-state index in [4.69, 9.17) is 9.47 Å². The highest BCUT2D eigenvalue weighted by Gasteiger charge is 2.19. The van der Waals surface area contributed by atoms with Gasteiger partial charge in [0.15, 0.2) is 0 Å². The Morgan fingerprint density at radius 2 is 1.21 bits per heavy atom. The van der Waals surface area contributed by atoms with Gasteiger partial charge in [-0.05, 0) is 41.5 Å². The lowest BCUT2D eigenvalue weighted by Crippen LogP contribution is -2.28. The first-order chi connectivity index (χ1) is 13.4. The highest BCUT2D eigenvalue weighted by Crippen LogP contribution is 2.10. The first kappa shape index (κ1) is 22.6. The zero-order chi connectivity index (χ0) is 21.7. The summed E-state index contributed by atoms with van der Waals surface area (Å²) < 4.78 is 14.2. The number of carbonyl (C=O) groups excluding carboxylic acids is 2. The minimum atomic E-state index is -0.526. The van der Waals surface area contributed by atoms with Crippen LogP contribution in [0, 0.1) is 0 Å². The maximum Gasteiger partial charge on any atom is 0.326 e. The second kappa shape index (κ2) is 9.21. The van der Waals surface area contributed by atoms with Gasteiger partial charge in [0.1, 0.15) is 35.9 Å². The maximum atomic E-state index is 12.0. The number of nitrogens with zero attached hydrogens (tertiary/aromatic N) is 4. The van der Waals surface area contributed by atoms with Crippen LogP contribution in [-0.4, -0.2) is 42.2 Å². The Labute approximate surface area is 171 Å². The van der Waals surface area contributed by atoms with Gasteiger partial charge in [-0.15, -0.1) is 0 Å². The third-order valence-corrected chi connectivity index (χ3v) is 3.61. The lowest BCUT2D eigenvalue weighted by atomic mass is 10.2. The minimum Gasteiger partial charge on any atom is -0.459 e. The Kier molecular flexibility index (Phi) is 7.18. The molecule has 0 fully saturated rings. The number of rotatable bonds is 8. The van der Waals surface area contributed by atoms with Gasteiger partial charge in [0.05, 0.1) is 13.1 Å². The van der Waals surface area contributed by atoms with Crippen molar-refractivity contribution < 1.29 is 19.1 Å². The van der Waals surface area contributed by atoms with Crippen molar-refractivity contribution in [3.05, 3.63) is 36.4 Å². The zero-order valence-electron chi connectivity index (χ0n) is 18.1. The molecule has 160 valence electrons. The summed E-state index contributed by atoms with van der Waals surface area (Å²) in [5.74, 6) is 0.788. The summed E-state index contributed by atoms with van der Waals surface area (Å²) in [7, 11) is 0. The van der Waals surface area contributed by atoms with Crippen LogP contribution in [0.4, 0.5) is 0 Å². The van der Waals surface area contributed by atoms with Gasteiger partial charge < -0.3 is 23.9 Å². The molecular formula is C20H31N5O4. The Bertz CT molecular complexity index is 758. The van der Waals surface area contributed by atoms with E-state index < -0.39 is 11.2 Å². The van der Waals surface area contributed by atoms with Crippen molar-refractivity contribution >= 4 is 11.9 Å². The molecule has 0 unspecified atom stereocenters. The summed E-state index contributed by atoms with van der Waals surface area (Å²) in [6.07, 6.45) is 6.77. The molecule has 0 aliphatic rings. The third-order valence-electron chi connectivity index (χ3n) is 3.61. The molecule has 29 heavy (non-hydrogen) atoms. The molecular weight excluding hydrogens is 374 g/mol. The monoisotopic (exact) mass is 405 g/mol. The second-order valence-electron chi connectivity index (χ2n) is 8.72. The largest absolute Gasteiger partial charge is 0.459 e. The molecule has 2 aromatic heterocycles. The zero-order valence-corrected chi connectivity index (χ0v) is 18.1. The van der Waals surface area contributed by atoms with E-state index in [1.165, 1.54) is 0 Å². The quantitative estimate of drug-likeness (QED) is 0.671. The Hall–Kier alpha value is -2.68. The SMILES string of the molecule is CC(C)(C)OC(=O)Cn1ccnc1CNCc1nccn1CC(=O)OC(C)(C)C. The number of hydrogen-bond acceptors (Lipinski definition) is 7. The summed E-state index contributed by atoms with van der Waals surface area (Å²) in [6.45, 7) is 12.1. The van der Waals surface area contributed by atoms with Crippen molar-refractivity contribution in [2.45, 2.75) is 78.9 Å². The van der Waals surface area contributed by atoms with Crippen molar-refractivity contribution in [2.75, 3.05) is 0 Å². The first-order valence-corrected chi connectivity index (χ1v) is 9.57. The van der Waals surface area contributed by atoms with E-state index in [0.717, 1.165) is 0 Å². The van der Waals surface area contributed by atoms with Gasteiger partial charge >= 0.3 is 11.9 Å². The van der Waals surface area contributed by atoms with E-state index in [1.807, 2.05) is 41.5 Å². The van der Waals surface area contributed by atoms with E-state index in [-0.39, 0.29) is 25.0 Å². The van der Waals surface area contributed by atoms with E-state index in [1.54, 1.807) is 33.9 Å². The summed E-state index contributed by atoms with van der Waals surface area (Å²) in [5.41, 5.74) is -1.05. The van der Waals surface area contributed by atoms with Crippen LogP contribution in [0.1, 0.15) is 53.2 Å². The lowest BCUT2D eigenvalue weighted by Gasteiger charge is -2.20. The van der Waals surface area contributed by atoms with Crippen LogP contribution < -0.4 is 5.32 Å². The minimum absolute atomic E-state index is 0.0988. The molecule has 0 amide bonds. The van der Waals surface area contributed by atoms with E-state index in [2.05, 4.69) is 15.3 Å². The molecule has 2 heterocycles. The third kappa shape index (κ3) is 8.06. The number of nitrogens with one attached hydrogen (secondary N) is 1. The van der Waals surface area contributed by atoms with E-state index >= 15 is 0 Å². The van der Waals surface area contributed by atoms with E-state index in [9.17, 15) is 9.59 Å². The predicted molar refractivity (Wildman–Crippen MR) is 107 cm³/mol. The van der Waals surface area contributed by atoms with Crippen molar-refractivity contribution in [2.24, 2.45) is 0 Å². The molecule has 9 heteroatoms. The molecule has 0 atom stereocenters. The Morgan fingerprint density at radius 3 is 1.55 bits per heavy atom. The van der Waals surface area contributed by atoms with Gasteiger partial charge in [0.2, 0.25) is 0 Å². The van der Waals surface area contributed by atoms with Crippen molar-refractivity contribution in [3.63, 3.8) is 0 Å². The van der Waals surface area contributed by atoms with Crippen molar-refractivity contribution in [3.8, 4) is 0 Å². The van der Waals surface area contributed by atoms with E-state index in [0.29, 0.717) is 24.7 Å². The lowest BCUT2D eigenvalue weighted by molar-refractivity contribution is -0.156. The Morgan fingerprint density at radius 1 is 0.828 bits per heavy atom. The van der Waals surface area contributed by atoms with Crippen LogP contribution in [0.25, 0.3) is 0 Å². The first-order valence-electron chi connectivity index (χ1n) is 9.57. The highest BCUT2D eigenvalue weighted by molar-refractivity contribution is 5.70. The number of imidazole rings is 2. The molecule has 0 aliphatic carbocycles. The Balaban J connectivity index is 1.88. The molecule has 0 radical (unpaired) electrons. The van der Waals surface area contributed by atoms with Crippen LogP contribution in [0.5, 0.6) is 0 Å². The number of carbonyl (C=O) groups is 2. The van der Waals surface area contributed by atoms with Crippen molar-refractivity contribution in [1.29, 1.82) is 0 Å². The fraction of sp³-hybridized carbons (Fsp3) is 0.600. The number of ether oxygens (including phenoxy) is 2. The average Bonchev–Trinajstić information content (AvgIpc) is 3.13. The molecule has 2 rings (SSSR count). The number of esters is 2. The highest BCUT2D eigenvalue weighted by atomic mass is 16.6. The van der Waals surface area contributed by atoms with Crippen LogP contribution in [0.2, 0.25) is 0 Å². The number of aromatic nitrogens is 4. The number of hydrogen-bond donors (Lipinski definition) is 1. The topological polar surface area (TPSA) is 100 Å². The summed E-state index contributed by atoms with van der Waals surface area (Å²) in [4.78, 5) is 32.6. The molecule has 0 aromatic carbocycles. The van der Waals surface area contributed by atoms with Crippen LogP contribution >= 0.6 is 0 Å².